The monoisotopic (exact) mass is 221 g/mol. The maximum absolute atomic E-state index is 5.96. The van der Waals surface area contributed by atoms with Gasteiger partial charge in [-0.3, -0.25) is 0 Å². The predicted octanol–water partition coefficient (Wildman–Crippen LogP) is 2.88. The Labute approximate surface area is 93.0 Å². The van der Waals surface area contributed by atoms with Crippen LogP contribution in [0.15, 0.2) is 18.2 Å². The molecular formula is C11H12ClN3. The third kappa shape index (κ3) is 1.61. The van der Waals surface area contributed by atoms with Crippen molar-refractivity contribution < 1.29 is 0 Å². The van der Waals surface area contributed by atoms with Gasteiger partial charge in [-0.15, -0.1) is 5.10 Å². The highest BCUT2D eigenvalue weighted by Crippen LogP contribution is 2.28. The van der Waals surface area contributed by atoms with Crippen molar-refractivity contribution in [1.29, 1.82) is 0 Å². The predicted molar refractivity (Wildman–Crippen MR) is 59.9 cm³/mol. The molecular weight excluding hydrogens is 210 g/mol. The molecule has 0 bridgehead atoms. The summed E-state index contributed by atoms with van der Waals surface area (Å²) in [6.45, 7) is 0.983. The maximum atomic E-state index is 5.96. The second-order valence-corrected chi connectivity index (χ2v) is 4.64. The smallest absolute Gasteiger partial charge is 0.113 e. The Morgan fingerprint density at radius 2 is 2.27 bits per heavy atom. The fourth-order valence-electron chi connectivity index (χ4n) is 1.99. The van der Waals surface area contributed by atoms with E-state index >= 15 is 0 Å². The van der Waals surface area contributed by atoms with Gasteiger partial charge in [0.25, 0.3) is 0 Å². The standard InChI is InChI=1S/C11H12ClN3/c12-9-4-5-10-11(6-9)15(14-13-10)7-8-2-1-3-8/h4-6,8H,1-3,7H2. The summed E-state index contributed by atoms with van der Waals surface area (Å²) in [6, 6.07) is 5.71. The van der Waals surface area contributed by atoms with Gasteiger partial charge in [0.2, 0.25) is 0 Å². The summed E-state index contributed by atoms with van der Waals surface area (Å²) in [4.78, 5) is 0. The van der Waals surface area contributed by atoms with E-state index in [1.54, 1.807) is 0 Å². The normalized spacial score (nSPS) is 16.9. The molecule has 1 heterocycles. The number of fused-ring (bicyclic) bond motifs is 1. The van der Waals surface area contributed by atoms with Crippen molar-refractivity contribution >= 4 is 22.6 Å². The molecule has 0 radical (unpaired) electrons. The van der Waals surface area contributed by atoms with Gasteiger partial charge in [-0.2, -0.15) is 0 Å². The van der Waals surface area contributed by atoms with Crippen LogP contribution >= 0.6 is 11.6 Å². The minimum Gasteiger partial charge on any atom is -0.244 e. The molecule has 78 valence electrons. The van der Waals surface area contributed by atoms with Gasteiger partial charge in [0.15, 0.2) is 0 Å². The Morgan fingerprint density at radius 1 is 1.40 bits per heavy atom. The van der Waals surface area contributed by atoms with E-state index < -0.39 is 0 Å². The third-order valence-electron chi connectivity index (χ3n) is 3.13. The molecule has 3 rings (SSSR count). The summed E-state index contributed by atoms with van der Waals surface area (Å²) in [5.41, 5.74) is 1.98. The first-order valence-corrected chi connectivity index (χ1v) is 5.69. The topological polar surface area (TPSA) is 30.7 Å². The third-order valence-corrected chi connectivity index (χ3v) is 3.37. The molecule has 1 aromatic heterocycles. The molecule has 4 heteroatoms. The Morgan fingerprint density at radius 3 is 3.00 bits per heavy atom. The lowest BCUT2D eigenvalue weighted by atomic mass is 9.85. The minimum atomic E-state index is 0.750. The van der Waals surface area contributed by atoms with Crippen LogP contribution in [0.1, 0.15) is 19.3 Å². The van der Waals surface area contributed by atoms with Gasteiger partial charge in [-0.1, -0.05) is 23.2 Å². The molecule has 0 atom stereocenters. The van der Waals surface area contributed by atoms with Crippen molar-refractivity contribution in [3.05, 3.63) is 23.2 Å². The zero-order valence-corrected chi connectivity index (χ0v) is 9.11. The van der Waals surface area contributed by atoms with Crippen LogP contribution in [-0.2, 0) is 6.54 Å². The van der Waals surface area contributed by atoms with E-state index in [2.05, 4.69) is 10.3 Å². The van der Waals surface area contributed by atoms with Crippen molar-refractivity contribution in [1.82, 2.24) is 15.0 Å². The minimum absolute atomic E-state index is 0.750. The van der Waals surface area contributed by atoms with E-state index in [-0.39, 0.29) is 0 Å². The van der Waals surface area contributed by atoms with Gasteiger partial charge in [-0.25, -0.2) is 4.68 Å². The largest absolute Gasteiger partial charge is 0.244 e. The SMILES string of the molecule is Clc1ccc2nnn(CC3CCC3)c2c1. The number of benzene rings is 1. The Balaban J connectivity index is 1.98. The number of rotatable bonds is 2. The van der Waals surface area contributed by atoms with Crippen molar-refractivity contribution in [3.8, 4) is 0 Å². The van der Waals surface area contributed by atoms with Crippen LogP contribution in [0.3, 0.4) is 0 Å². The summed E-state index contributed by atoms with van der Waals surface area (Å²) in [6.07, 6.45) is 4.00. The maximum Gasteiger partial charge on any atom is 0.113 e. The van der Waals surface area contributed by atoms with E-state index in [0.29, 0.717) is 0 Å². The molecule has 0 aliphatic heterocycles. The summed E-state index contributed by atoms with van der Waals surface area (Å²) in [5, 5.41) is 9.04. The van der Waals surface area contributed by atoms with Crippen LogP contribution in [0.4, 0.5) is 0 Å². The molecule has 0 spiro atoms. The summed E-state index contributed by atoms with van der Waals surface area (Å²) in [7, 11) is 0. The number of aromatic nitrogens is 3. The van der Waals surface area contributed by atoms with Gasteiger partial charge in [0.05, 0.1) is 5.52 Å². The van der Waals surface area contributed by atoms with Gasteiger partial charge in [0.1, 0.15) is 5.52 Å². The van der Waals surface area contributed by atoms with Crippen LogP contribution < -0.4 is 0 Å². The van der Waals surface area contributed by atoms with Crippen LogP contribution in [0.25, 0.3) is 11.0 Å². The quantitative estimate of drug-likeness (QED) is 0.781. The highest BCUT2D eigenvalue weighted by molar-refractivity contribution is 6.31. The molecule has 1 aliphatic rings. The molecule has 0 saturated heterocycles. The first kappa shape index (κ1) is 9.16. The first-order valence-electron chi connectivity index (χ1n) is 5.32. The summed E-state index contributed by atoms with van der Waals surface area (Å²) in [5.74, 6) is 0.786. The lowest BCUT2D eigenvalue weighted by Gasteiger charge is -2.24. The molecule has 1 aliphatic carbocycles. The second kappa shape index (κ2) is 3.49. The van der Waals surface area contributed by atoms with Crippen molar-refractivity contribution in [2.45, 2.75) is 25.8 Å². The zero-order valence-electron chi connectivity index (χ0n) is 8.36. The molecule has 1 fully saturated rings. The van der Waals surface area contributed by atoms with E-state index in [4.69, 9.17) is 11.6 Å². The fourth-order valence-corrected chi connectivity index (χ4v) is 2.16. The lowest BCUT2D eigenvalue weighted by Crippen LogP contribution is -2.18. The van der Waals surface area contributed by atoms with Gasteiger partial charge >= 0.3 is 0 Å². The number of hydrogen-bond donors (Lipinski definition) is 0. The van der Waals surface area contributed by atoms with Crippen LogP contribution in [0.5, 0.6) is 0 Å². The Bertz CT molecular complexity index is 488. The molecule has 2 aromatic rings. The molecule has 1 saturated carbocycles. The fraction of sp³-hybridized carbons (Fsp3) is 0.455. The van der Waals surface area contributed by atoms with E-state index in [1.165, 1.54) is 19.3 Å². The molecule has 15 heavy (non-hydrogen) atoms. The summed E-state index contributed by atoms with van der Waals surface area (Å²) >= 11 is 5.96. The van der Waals surface area contributed by atoms with Crippen LogP contribution in [0, 0.1) is 5.92 Å². The second-order valence-electron chi connectivity index (χ2n) is 4.20. The van der Waals surface area contributed by atoms with Crippen molar-refractivity contribution in [2.75, 3.05) is 0 Å². The zero-order chi connectivity index (χ0) is 10.3. The van der Waals surface area contributed by atoms with Crippen molar-refractivity contribution in [2.24, 2.45) is 5.92 Å². The van der Waals surface area contributed by atoms with E-state index in [0.717, 1.165) is 28.5 Å². The number of halogens is 1. The molecule has 1 aromatic carbocycles. The highest BCUT2D eigenvalue weighted by Gasteiger charge is 2.19. The van der Waals surface area contributed by atoms with Gasteiger partial charge in [0, 0.05) is 11.6 Å². The average Bonchev–Trinajstić information content (AvgIpc) is 2.54. The highest BCUT2D eigenvalue weighted by atomic mass is 35.5. The molecule has 0 amide bonds. The Hall–Kier alpha value is -1.09. The number of hydrogen-bond acceptors (Lipinski definition) is 2. The van der Waals surface area contributed by atoms with Gasteiger partial charge < -0.3 is 0 Å². The average molecular weight is 222 g/mol. The summed E-state index contributed by atoms with van der Waals surface area (Å²) < 4.78 is 1.98. The van der Waals surface area contributed by atoms with Gasteiger partial charge in [-0.05, 0) is 37.0 Å². The molecule has 0 unspecified atom stereocenters. The molecule has 0 N–H and O–H groups in total. The van der Waals surface area contributed by atoms with Crippen molar-refractivity contribution in [3.63, 3.8) is 0 Å². The lowest BCUT2D eigenvalue weighted by molar-refractivity contribution is 0.268. The Kier molecular flexibility index (Phi) is 2.13. The molecule has 3 nitrogen and oxygen atoms in total. The van der Waals surface area contributed by atoms with Crippen LogP contribution in [-0.4, -0.2) is 15.0 Å². The first-order chi connectivity index (χ1) is 7.33. The van der Waals surface area contributed by atoms with E-state index in [1.807, 2.05) is 22.9 Å². The number of nitrogens with zero attached hydrogens (tertiary/aromatic N) is 3. The van der Waals surface area contributed by atoms with E-state index in [9.17, 15) is 0 Å². The van der Waals surface area contributed by atoms with Crippen LogP contribution in [0.2, 0.25) is 5.02 Å².